The molecule has 27 heavy (non-hydrogen) atoms. The maximum absolute atomic E-state index is 12.4. The number of hydrogen-bond acceptors (Lipinski definition) is 3. The minimum atomic E-state index is -0.453. The van der Waals surface area contributed by atoms with Crippen molar-refractivity contribution in [3.8, 4) is 11.3 Å². The van der Waals surface area contributed by atoms with Gasteiger partial charge in [0, 0.05) is 11.3 Å². The average Bonchev–Trinajstić information content (AvgIpc) is 3.14. The van der Waals surface area contributed by atoms with E-state index in [2.05, 4.69) is 10.6 Å². The van der Waals surface area contributed by atoms with Crippen molar-refractivity contribution in [2.45, 2.75) is 13.3 Å². The van der Waals surface area contributed by atoms with Gasteiger partial charge < -0.3 is 9.73 Å². The van der Waals surface area contributed by atoms with Crippen molar-refractivity contribution in [1.82, 2.24) is 5.32 Å². The van der Waals surface area contributed by atoms with E-state index in [-0.39, 0.29) is 10.9 Å². The van der Waals surface area contributed by atoms with Crippen LogP contribution in [0.5, 0.6) is 0 Å². The van der Waals surface area contributed by atoms with Gasteiger partial charge in [0.15, 0.2) is 10.9 Å². The Balaban J connectivity index is 1.71. The molecule has 138 valence electrons. The highest BCUT2D eigenvalue weighted by Crippen LogP contribution is 2.34. The van der Waals surface area contributed by atoms with Crippen LogP contribution in [0.4, 0.5) is 5.69 Å². The van der Waals surface area contributed by atoms with Crippen LogP contribution in [0.2, 0.25) is 10.0 Å². The van der Waals surface area contributed by atoms with Crippen LogP contribution in [0.3, 0.4) is 0 Å². The molecular formula is C20H16Cl2N2O2S. The molecule has 1 aromatic heterocycles. The zero-order valence-corrected chi connectivity index (χ0v) is 16.7. The number of nitrogens with one attached hydrogen (secondary N) is 2. The predicted molar refractivity (Wildman–Crippen MR) is 114 cm³/mol. The molecule has 1 amide bonds. The van der Waals surface area contributed by atoms with E-state index in [1.54, 1.807) is 30.3 Å². The highest BCUT2D eigenvalue weighted by atomic mass is 35.5. The van der Waals surface area contributed by atoms with Crippen LogP contribution < -0.4 is 10.6 Å². The Morgan fingerprint density at radius 1 is 1.07 bits per heavy atom. The molecule has 0 radical (unpaired) electrons. The average molecular weight is 419 g/mol. The molecule has 2 N–H and O–H groups in total. The molecule has 0 aliphatic carbocycles. The van der Waals surface area contributed by atoms with E-state index in [1.807, 2.05) is 31.2 Å². The van der Waals surface area contributed by atoms with Crippen molar-refractivity contribution in [2.75, 3.05) is 5.32 Å². The zero-order chi connectivity index (χ0) is 19.4. The number of furan rings is 1. The molecule has 0 fully saturated rings. The standard InChI is InChI=1S/C20H16Cl2N2O2S/c1-2-12-6-3-4-9-15(12)23-20(27)24-19(25)17-11-10-16(26-17)13-7-5-8-14(21)18(13)22/h3-11H,2H2,1H3,(H2,23,24,25,27). The van der Waals surface area contributed by atoms with Gasteiger partial charge in [0.2, 0.25) is 0 Å². The van der Waals surface area contributed by atoms with Crippen LogP contribution in [0.15, 0.2) is 59.0 Å². The van der Waals surface area contributed by atoms with Crippen molar-refractivity contribution < 1.29 is 9.21 Å². The molecule has 7 heteroatoms. The van der Waals surface area contributed by atoms with Gasteiger partial charge in [-0.3, -0.25) is 10.1 Å². The number of benzene rings is 2. The van der Waals surface area contributed by atoms with Crippen LogP contribution in [-0.2, 0) is 6.42 Å². The first-order chi connectivity index (χ1) is 13.0. The normalized spacial score (nSPS) is 10.5. The molecule has 0 atom stereocenters. The number of halogens is 2. The van der Waals surface area contributed by atoms with Crippen LogP contribution in [0.25, 0.3) is 11.3 Å². The lowest BCUT2D eigenvalue weighted by atomic mass is 10.1. The van der Waals surface area contributed by atoms with Crippen molar-refractivity contribution in [3.63, 3.8) is 0 Å². The summed E-state index contributed by atoms with van der Waals surface area (Å²) in [7, 11) is 0. The molecule has 0 spiro atoms. The molecule has 3 aromatic rings. The van der Waals surface area contributed by atoms with Crippen LogP contribution >= 0.6 is 35.4 Å². The fraction of sp³-hybridized carbons (Fsp3) is 0.100. The van der Waals surface area contributed by atoms with Crippen molar-refractivity contribution in [1.29, 1.82) is 0 Å². The number of para-hydroxylation sites is 1. The number of aryl methyl sites for hydroxylation is 1. The molecule has 2 aromatic carbocycles. The molecule has 0 saturated heterocycles. The third-order valence-corrected chi connectivity index (χ3v) is 4.94. The maximum Gasteiger partial charge on any atom is 0.293 e. The Morgan fingerprint density at radius 3 is 2.63 bits per heavy atom. The summed E-state index contributed by atoms with van der Waals surface area (Å²) >= 11 is 17.5. The molecule has 0 aliphatic rings. The summed E-state index contributed by atoms with van der Waals surface area (Å²) < 4.78 is 5.62. The van der Waals surface area contributed by atoms with E-state index in [4.69, 9.17) is 39.8 Å². The lowest BCUT2D eigenvalue weighted by molar-refractivity contribution is 0.0951. The molecule has 1 heterocycles. The molecule has 0 saturated carbocycles. The first-order valence-corrected chi connectivity index (χ1v) is 9.40. The molecular weight excluding hydrogens is 403 g/mol. The fourth-order valence-corrected chi connectivity index (χ4v) is 3.16. The minimum absolute atomic E-state index is 0.119. The summed E-state index contributed by atoms with van der Waals surface area (Å²) in [6.07, 6.45) is 0.849. The Kier molecular flexibility index (Phi) is 6.16. The second-order valence-electron chi connectivity index (χ2n) is 5.68. The number of carbonyl (C=O) groups is 1. The maximum atomic E-state index is 12.4. The van der Waals surface area contributed by atoms with Gasteiger partial charge in [-0.15, -0.1) is 0 Å². The quantitative estimate of drug-likeness (QED) is 0.514. The van der Waals surface area contributed by atoms with Crippen LogP contribution in [0.1, 0.15) is 23.0 Å². The van der Waals surface area contributed by atoms with E-state index in [0.717, 1.165) is 17.7 Å². The number of hydrogen-bond donors (Lipinski definition) is 2. The lowest BCUT2D eigenvalue weighted by Gasteiger charge is -2.12. The Hall–Kier alpha value is -2.34. The summed E-state index contributed by atoms with van der Waals surface area (Å²) in [6.45, 7) is 2.05. The van der Waals surface area contributed by atoms with Gasteiger partial charge in [-0.25, -0.2) is 0 Å². The summed E-state index contributed by atoms with van der Waals surface area (Å²) in [5, 5.41) is 6.63. The van der Waals surface area contributed by atoms with E-state index in [0.29, 0.717) is 21.4 Å². The van der Waals surface area contributed by atoms with Gasteiger partial charge in [-0.1, -0.05) is 54.4 Å². The largest absolute Gasteiger partial charge is 0.451 e. The van der Waals surface area contributed by atoms with Gasteiger partial charge >= 0.3 is 0 Å². The molecule has 3 rings (SSSR count). The number of rotatable bonds is 4. The van der Waals surface area contributed by atoms with Crippen molar-refractivity contribution in [2.24, 2.45) is 0 Å². The zero-order valence-electron chi connectivity index (χ0n) is 14.4. The lowest BCUT2D eigenvalue weighted by Crippen LogP contribution is -2.34. The Labute approximate surface area is 172 Å². The summed E-state index contributed by atoms with van der Waals surface area (Å²) in [5.74, 6) is 0.114. The topological polar surface area (TPSA) is 54.3 Å². The third-order valence-electron chi connectivity index (χ3n) is 3.92. The first-order valence-electron chi connectivity index (χ1n) is 8.24. The highest BCUT2D eigenvalue weighted by molar-refractivity contribution is 7.80. The smallest absolute Gasteiger partial charge is 0.293 e. The van der Waals surface area contributed by atoms with Gasteiger partial charge in [-0.05, 0) is 54.5 Å². The molecule has 0 bridgehead atoms. The number of thiocarbonyl (C=S) groups is 1. The second kappa shape index (κ2) is 8.57. The minimum Gasteiger partial charge on any atom is -0.451 e. The second-order valence-corrected chi connectivity index (χ2v) is 6.88. The number of amides is 1. The van der Waals surface area contributed by atoms with Crippen LogP contribution in [-0.4, -0.2) is 11.0 Å². The fourth-order valence-electron chi connectivity index (χ4n) is 2.57. The molecule has 4 nitrogen and oxygen atoms in total. The van der Waals surface area contributed by atoms with Gasteiger partial charge in [0.05, 0.1) is 10.0 Å². The van der Waals surface area contributed by atoms with E-state index < -0.39 is 5.91 Å². The SMILES string of the molecule is CCc1ccccc1NC(=S)NC(=O)c1ccc(-c2cccc(Cl)c2Cl)o1. The third kappa shape index (κ3) is 4.50. The molecule has 0 aliphatic heterocycles. The van der Waals surface area contributed by atoms with Crippen molar-refractivity contribution in [3.05, 3.63) is 76.0 Å². The monoisotopic (exact) mass is 418 g/mol. The Bertz CT molecular complexity index is 1000. The van der Waals surface area contributed by atoms with Crippen LogP contribution in [0, 0.1) is 0 Å². The van der Waals surface area contributed by atoms with Gasteiger partial charge in [0.1, 0.15) is 5.76 Å². The summed E-state index contributed by atoms with van der Waals surface area (Å²) in [5.41, 5.74) is 2.57. The molecule has 0 unspecified atom stereocenters. The number of anilines is 1. The highest BCUT2D eigenvalue weighted by Gasteiger charge is 2.16. The van der Waals surface area contributed by atoms with E-state index in [9.17, 15) is 4.79 Å². The van der Waals surface area contributed by atoms with Gasteiger partial charge in [-0.2, -0.15) is 0 Å². The first kappa shape index (κ1) is 19.4. The predicted octanol–water partition coefficient (Wildman–Crippen LogP) is 5.94. The van der Waals surface area contributed by atoms with E-state index in [1.165, 1.54) is 0 Å². The van der Waals surface area contributed by atoms with Gasteiger partial charge in [0.25, 0.3) is 5.91 Å². The summed E-state index contributed by atoms with van der Waals surface area (Å²) in [6, 6.07) is 16.2. The van der Waals surface area contributed by atoms with Crippen molar-refractivity contribution >= 4 is 52.1 Å². The number of carbonyl (C=O) groups excluding carboxylic acids is 1. The Morgan fingerprint density at radius 2 is 1.85 bits per heavy atom. The van der Waals surface area contributed by atoms with E-state index >= 15 is 0 Å². The summed E-state index contributed by atoms with van der Waals surface area (Å²) in [4.78, 5) is 12.4.